The Balaban J connectivity index is 1.57. The second-order valence-electron chi connectivity index (χ2n) is 8.16. The topological polar surface area (TPSA) is 64.1 Å². The summed E-state index contributed by atoms with van der Waals surface area (Å²) in [5, 5.41) is 6.07. The van der Waals surface area contributed by atoms with E-state index in [2.05, 4.69) is 19.2 Å². The number of thioether (sulfide) groups is 2. The summed E-state index contributed by atoms with van der Waals surface area (Å²) in [6.07, 6.45) is 9.80. The van der Waals surface area contributed by atoms with E-state index >= 15 is 0 Å². The van der Waals surface area contributed by atoms with Gasteiger partial charge < -0.3 is 10.1 Å². The Bertz CT molecular complexity index is 895. The quantitative estimate of drug-likeness (QED) is 0.370. The molecule has 1 amide bonds. The van der Waals surface area contributed by atoms with Gasteiger partial charge in [0, 0.05) is 22.7 Å². The molecule has 3 heterocycles. The van der Waals surface area contributed by atoms with Crippen molar-refractivity contribution >= 4 is 51.0 Å². The van der Waals surface area contributed by atoms with Gasteiger partial charge in [-0.3, -0.25) is 4.79 Å². The zero-order chi connectivity index (χ0) is 20.4. The molecule has 2 aromatic rings. The standard InChI is InChI=1S/C21H29N3O2S3/c1-4-21(2)10-14-15(11-26-21)29-19-17(14)18(23-20(24-19)27-3)28-12-16(25)22-13-8-6-5-7-9-13/h13H,4-12H2,1-3H3,(H,22,25)/t21-/m1/s1. The van der Waals surface area contributed by atoms with Gasteiger partial charge in [-0.2, -0.15) is 0 Å². The van der Waals surface area contributed by atoms with Crippen molar-refractivity contribution in [1.82, 2.24) is 15.3 Å². The van der Waals surface area contributed by atoms with E-state index in [1.54, 1.807) is 34.9 Å². The number of amides is 1. The zero-order valence-corrected chi connectivity index (χ0v) is 19.8. The van der Waals surface area contributed by atoms with Crippen molar-refractivity contribution in [2.45, 2.75) is 87.2 Å². The number of ether oxygens (including phenoxy) is 1. The summed E-state index contributed by atoms with van der Waals surface area (Å²) >= 11 is 4.81. The first-order chi connectivity index (χ1) is 14.0. The van der Waals surface area contributed by atoms with Crippen molar-refractivity contribution in [1.29, 1.82) is 0 Å². The lowest BCUT2D eigenvalue weighted by molar-refractivity contribution is -0.119. The predicted octanol–water partition coefficient (Wildman–Crippen LogP) is 5.20. The van der Waals surface area contributed by atoms with E-state index in [1.807, 2.05) is 6.26 Å². The Labute approximate surface area is 185 Å². The minimum absolute atomic E-state index is 0.116. The molecule has 0 radical (unpaired) electrons. The molecule has 5 nitrogen and oxygen atoms in total. The number of hydrogen-bond donors (Lipinski definition) is 1. The average molecular weight is 452 g/mol. The number of hydrogen-bond acceptors (Lipinski definition) is 7. The maximum atomic E-state index is 12.6. The van der Waals surface area contributed by atoms with Crippen LogP contribution < -0.4 is 5.32 Å². The maximum absolute atomic E-state index is 12.6. The molecule has 0 bridgehead atoms. The molecule has 8 heteroatoms. The molecule has 4 rings (SSSR count). The zero-order valence-electron chi connectivity index (χ0n) is 17.4. The number of carbonyl (C=O) groups is 1. The largest absolute Gasteiger partial charge is 0.369 e. The molecule has 2 aliphatic rings. The van der Waals surface area contributed by atoms with Crippen LogP contribution >= 0.6 is 34.9 Å². The van der Waals surface area contributed by atoms with Crippen LogP contribution in [0.4, 0.5) is 0 Å². The highest BCUT2D eigenvalue weighted by Crippen LogP contribution is 2.43. The van der Waals surface area contributed by atoms with Gasteiger partial charge in [0.05, 0.1) is 18.0 Å². The molecule has 1 aliphatic heterocycles. The Kier molecular flexibility index (Phi) is 6.73. The highest BCUT2D eigenvalue weighted by molar-refractivity contribution is 8.00. The Hall–Kier alpha value is -0.830. The van der Waals surface area contributed by atoms with E-state index < -0.39 is 0 Å². The van der Waals surface area contributed by atoms with E-state index in [0.717, 1.165) is 46.1 Å². The minimum Gasteiger partial charge on any atom is -0.369 e. The monoisotopic (exact) mass is 451 g/mol. The molecular formula is C21H29N3O2S3. The van der Waals surface area contributed by atoms with Gasteiger partial charge >= 0.3 is 0 Å². The Morgan fingerprint density at radius 2 is 2.10 bits per heavy atom. The molecule has 1 N–H and O–H groups in total. The number of fused-ring (bicyclic) bond motifs is 3. The molecule has 0 saturated heterocycles. The van der Waals surface area contributed by atoms with Crippen molar-refractivity contribution in [3.05, 3.63) is 10.4 Å². The van der Waals surface area contributed by atoms with Gasteiger partial charge in [-0.1, -0.05) is 49.7 Å². The van der Waals surface area contributed by atoms with E-state index in [1.165, 1.54) is 29.7 Å². The molecule has 1 atom stereocenters. The van der Waals surface area contributed by atoms with Crippen LogP contribution in [0.1, 0.15) is 62.8 Å². The van der Waals surface area contributed by atoms with Crippen LogP contribution in [-0.2, 0) is 22.6 Å². The summed E-state index contributed by atoms with van der Waals surface area (Å²) in [5.41, 5.74) is 1.18. The van der Waals surface area contributed by atoms with Crippen molar-refractivity contribution in [2.75, 3.05) is 12.0 Å². The van der Waals surface area contributed by atoms with Crippen molar-refractivity contribution in [3.63, 3.8) is 0 Å². The molecule has 29 heavy (non-hydrogen) atoms. The fourth-order valence-electron chi connectivity index (χ4n) is 4.09. The first-order valence-corrected chi connectivity index (χ1v) is 13.5. The normalized spacial score (nSPS) is 22.6. The van der Waals surface area contributed by atoms with Crippen LogP contribution in [0.2, 0.25) is 0 Å². The van der Waals surface area contributed by atoms with Crippen LogP contribution in [0.5, 0.6) is 0 Å². The molecular weight excluding hydrogens is 422 g/mol. The fraction of sp³-hybridized carbons (Fsp3) is 0.667. The lowest BCUT2D eigenvalue weighted by atomic mass is 9.90. The van der Waals surface area contributed by atoms with Crippen LogP contribution in [-0.4, -0.2) is 39.5 Å². The van der Waals surface area contributed by atoms with E-state index in [4.69, 9.17) is 14.7 Å². The summed E-state index contributed by atoms with van der Waals surface area (Å²) in [7, 11) is 0. The lowest BCUT2D eigenvalue weighted by Crippen LogP contribution is -2.37. The third-order valence-electron chi connectivity index (χ3n) is 6.02. The third-order valence-corrected chi connectivity index (χ3v) is 8.65. The van der Waals surface area contributed by atoms with Crippen LogP contribution in [0, 0.1) is 0 Å². The van der Waals surface area contributed by atoms with Crippen LogP contribution in [0.25, 0.3) is 10.2 Å². The highest BCUT2D eigenvalue weighted by Gasteiger charge is 2.33. The summed E-state index contributed by atoms with van der Waals surface area (Å²) < 4.78 is 6.14. The first kappa shape index (κ1) is 21.4. The van der Waals surface area contributed by atoms with Gasteiger partial charge in [-0.25, -0.2) is 9.97 Å². The molecule has 0 spiro atoms. The number of thiophene rings is 1. The van der Waals surface area contributed by atoms with Gasteiger partial charge in [0.25, 0.3) is 0 Å². The molecule has 1 fully saturated rings. The smallest absolute Gasteiger partial charge is 0.230 e. The summed E-state index contributed by atoms with van der Waals surface area (Å²) in [5.74, 6) is 0.521. The number of nitrogens with one attached hydrogen (secondary N) is 1. The summed E-state index contributed by atoms with van der Waals surface area (Å²) in [4.78, 5) is 24.4. The van der Waals surface area contributed by atoms with Gasteiger partial charge in [0.15, 0.2) is 5.16 Å². The van der Waals surface area contributed by atoms with Crippen molar-refractivity contribution in [3.8, 4) is 0 Å². The predicted molar refractivity (Wildman–Crippen MR) is 122 cm³/mol. The SMILES string of the molecule is CC[C@]1(C)Cc2c(sc3nc(SC)nc(SCC(=O)NC4CCCCC4)c23)CO1. The number of aromatic nitrogens is 2. The van der Waals surface area contributed by atoms with Gasteiger partial charge in [0.2, 0.25) is 5.91 Å². The average Bonchev–Trinajstić information content (AvgIpc) is 3.10. The second-order valence-corrected chi connectivity index (χ2v) is 11.0. The van der Waals surface area contributed by atoms with E-state index in [-0.39, 0.29) is 11.5 Å². The molecule has 1 aliphatic carbocycles. The fourth-order valence-corrected chi connectivity index (χ4v) is 6.61. The maximum Gasteiger partial charge on any atom is 0.230 e. The first-order valence-electron chi connectivity index (χ1n) is 10.4. The molecule has 158 valence electrons. The third kappa shape index (κ3) is 4.75. The summed E-state index contributed by atoms with van der Waals surface area (Å²) in [6.45, 7) is 5.00. The number of carbonyl (C=O) groups excluding carboxylic acids is 1. The number of nitrogens with zero attached hydrogens (tertiary/aromatic N) is 2. The van der Waals surface area contributed by atoms with Crippen molar-refractivity contribution < 1.29 is 9.53 Å². The lowest BCUT2D eigenvalue weighted by Gasteiger charge is -2.33. The van der Waals surface area contributed by atoms with E-state index in [9.17, 15) is 4.79 Å². The second kappa shape index (κ2) is 9.12. The Morgan fingerprint density at radius 3 is 2.83 bits per heavy atom. The minimum atomic E-state index is -0.139. The highest BCUT2D eigenvalue weighted by atomic mass is 32.2. The molecule has 0 aromatic carbocycles. The van der Waals surface area contributed by atoms with E-state index in [0.29, 0.717) is 18.4 Å². The Morgan fingerprint density at radius 1 is 1.31 bits per heavy atom. The number of rotatable bonds is 6. The molecule has 2 aromatic heterocycles. The summed E-state index contributed by atoms with van der Waals surface area (Å²) in [6, 6.07) is 0.348. The van der Waals surface area contributed by atoms with Gasteiger partial charge in [-0.05, 0) is 38.0 Å². The van der Waals surface area contributed by atoms with Gasteiger partial charge in [-0.15, -0.1) is 11.3 Å². The molecule has 0 unspecified atom stereocenters. The van der Waals surface area contributed by atoms with Crippen molar-refractivity contribution in [2.24, 2.45) is 0 Å². The van der Waals surface area contributed by atoms with Crippen LogP contribution in [0.3, 0.4) is 0 Å². The molecule has 1 saturated carbocycles. The van der Waals surface area contributed by atoms with Crippen LogP contribution in [0.15, 0.2) is 10.2 Å². The van der Waals surface area contributed by atoms with Gasteiger partial charge in [0.1, 0.15) is 9.86 Å².